The van der Waals surface area contributed by atoms with Gasteiger partial charge in [-0.3, -0.25) is 0 Å². The summed E-state index contributed by atoms with van der Waals surface area (Å²) < 4.78 is 8.59. The maximum Gasteiger partial charge on any atom is 0.644 e. The van der Waals surface area contributed by atoms with Gasteiger partial charge in [0, 0.05) is 0 Å². The molecule has 0 fully saturated rings. The molecule has 0 aliphatic carbocycles. The Morgan fingerprint density at radius 2 is 1.67 bits per heavy atom. The van der Waals surface area contributed by atoms with Crippen molar-refractivity contribution in [2.75, 3.05) is 14.2 Å². The van der Waals surface area contributed by atoms with Gasteiger partial charge in [0.2, 0.25) is 0 Å². The largest absolute Gasteiger partial charge is 0.644 e. The van der Waals surface area contributed by atoms with Crippen LogP contribution in [0.4, 0.5) is 0 Å². The lowest BCUT2D eigenvalue weighted by atomic mass is 11.8. The maximum absolute atomic E-state index is 8.29. The fourth-order valence-corrected chi connectivity index (χ4v) is 0.224. The van der Waals surface area contributed by atoms with Gasteiger partial charge < -0.3 is 0 Å². The van der Waals surface area contributed by atoms with Crippen LogP contribution in [0.15, 0.2) is 0 Å². The molecule has 0 spiro atoms. The van der Waals surface area contributed by atoms with Crippen molar-refractivity contribution in [1.29, 1.82) is 0 Å². The first-order valence-corrected chi connectivity index (χ1v) is 2.51. The van der Waals surface area contributed by atoms with Crippen LogP contribution in [-0.4, -0.2) is 19.1 Å². The molecule has 4 heteroatoms. The zero-order valence-corrected chi connectivity index (χ0v) is 4.61. The van der Waals surface area contributed by atoms with Gasteiger partial charge in [0.25, 0.3) is 0 Å². The summed E-state index contributed by atoms with van der Waals surface area (Å²) in [5, 5.41) is 0. The van der Waals surface area contributed by atoms with E-state index in [0.717, 1.165) is 0 Å². The molecule has 37 valence electrons. The number of hydrogen-bond donors (Lipinski definition) is 1. The van der Waals surface area contributed by atoms with E-state index >= 15 is 0 Å². The fraction of sp³-hybridized carbons (Fsp3) is 1.00. The van der Waals surface area contributed by atoms with E-state index in [-0.39, 0.29) is 0 Å². The average Bonchev–Trinajstić information content (AvgIpc) is 1.65. The Labute approximate surface area is 37.9 Å². The standard InChI is InChI=1S/C2H7O3P/c1-4-6(3)5-2/h3H,1-2H3/q+1. The van der Waals surface area contributed by atoms with Crippen LogP contribution in [0.25, 0.3) is 0 Å². The maximum atomic E-state index is 8.29. The molecule has 0 aliphatic rings. The van der Waals surface area contributed by atoms with E-state index in [1.807, 2.05) is 0 Å². The zero-order valence-electron chi connectivity index (χ0n) is 3.71. The average molecular weight is 110 g/mol. The van der Waals surface area contributed by atoms with E-state index in [1.165, 1.54) is 14.2 Å². The highest BCUT2D eigenvalue weighted by atomic mass is 31.2. The molecule has 0 bridgehead atoms. The lowest BCUT2D eigenvalue weighted by molar-refractivity contribution is 0.271. The smallest absolute Gasteiger partial charge is 0.158 e. The Hall–Kier alpha value is 0.310. The first-order valence-electron chi connectivity index (χ1n) is 1.38. The third-order valence-corrected chi connectivity index (χ3v) is 0.937. The Bertz CT molecular complexity index is 28.0. The van der Waals surface area contributed by atoms with Crippen molar-refractivity contribution < 1.29 is 13.9 Å². The molecule has 3 nitrogen and oxygen atoms in total. The molecule has 0 unspecified atom stereocenters. The molecule has 0 saturated carbocycles. The summed E-state index contributed by atoms with van der Waals surface area (Å²) in [7, 11) is 1.19. The Morgan fingerprint density at radius 1 is 1.33 bits per heavy atom. The van der Waals surface area contributed by atoms with Gasteiger partial charge in [-0.05, 0) is 0 Å². The monoisotopic (exact) mass is 110 g/mol. The molecular weight excluding hydrogens is 103 g/mol. The van der Waals surface area contributed by atoms with Crippen LogP contribution in [0.2, 0.25) is 0 Å². The lowest BCUT2D eigenvalue weighted by Gasteiger charge is -1.78. The summed E-state index contributed by atoms with van der Waals surface area (Å²) in [4.78, 5) is 8.29. The minimum absolute atomic E-state index is 1.38. The van der Waals surface area contributed by atoms with Crippen molar-refractivity contribution in [3.8, 4) is 0 Å². The molecular formula is C2H7O3P+. The third-order valence-electron chi connectivity index (χ3n) is 0.312. The van der Waals surface area contributed by atoms with Gasteiger partial charge in [0.1, 0.15) is 0 Å². The summed E-state index contributed by atoms with van der Waals surface area (Å²) >= 11 is 0. The first kappa shape index (κ1) is 6.31. The summed E-state index contributed by atoms with van der Waals surface area (Å²) in [5.41, 5.74) is 0. The SMILES string of the molecule is CO[P+](O)OC. The molecule has 0 aliphatic heterocycles. The van der Waals surface area contributed by atoms with Crippen LogP contribution < -0.4 is 0 Å². The Morgan fingerprint density at radius 3 is 1.67 bits per heavy atom. The molecule has 0 aromatic heterocycles. The van der Waals surface area contributed by atoms with E-state index in [1.54, 1.807) is 0 Å². The molecule has 0 aromatic rings. The highest BCUT2D eigenvalue weighted by molar-refractivity contribution is 7.40. The number of hydrogen-bond acceptors (Lipinski definition) is 3. The number of rotatable bonds is 2. The highest BCUT2D eigenvalue weighted by Crippen LogP contribution is 2.28. The van der Waals surface area contributed by atoms with Gasteiger partial charge in [0.15, 0.2) is 0 Å². The molecule has 6 heavy (non-hydrogen) atoms. The molecule has 0 rings (SSSR count). The molecule has 0 aromatic carbocycles. The predicted molar refractivity (Wildman–Crippen MR) is 23.2 cm³/mol. The van der Waals surface area contributed by atoms with Crippen molar-refractivity contribution in [1.82, 2.24) is 0 Å². The second-order valence-electron chi connectivity index (χ2n) is 0.603. The van der Waals surface area contributed by atoms with Crippen LogP contribution >= 0.6 is 8.60 Å². The van der Waals surface area contributed by atoms with Crippen molar-refractivity contribution >= 4 is 8.60 Å². The highest BCUT2D eigenvalue weighted by Gasteiger charge is 2.17. The van der Waals surface area contributed by atoms with Gasteiger partial charge >= 0.3 is 8.60 Å². The molecule has 0 amide bonds. The van der Waals surface area contributed by atoms with E-state index in [2.05, 4.69) is 9.05 Å². The Kier molecular flexibility index (Phi) is 3.68. The van der Waals surface area contributed by atoms with Crippen molar-refractivity contribution in [3.05, 3.63) is 0 Å². The van der Waals surface area contributed by atoms with Crippen LogP contribution in [-0.2, 0) is 9.05 Å². The molecule has 0 atom stereocenters. The molecule has 0 saturated heterocycles. The van der Waals surface area contributed by atoms with Crippen molar-refractivity contribution in [3.63, 3.8) is 0 Å². The van der Waals surface area contributed by atoms with Crippen LogP contribution in [0.1, 0.15) is 0 Å². The van der Waals surface area contributed by atoms with E-state index in [0.29, 0.717) is 0 Å². The van der Waals surface area contributed by atoms with Crippen molar-refractivity contribution in [2.24, 2.45) is 0 Å². The van der Waals surface area contributed by atoms with Crippen LogP contribution in [0.3, 0.4) is 0 Å². The molecule has 1 N–H and O–H groups in total. The summed E-state index contributed by atoms with van der Waals surface area (Å²) in [6.07, 6.45) is 0. The first-order chi connectivity index (χ1) is 2.81. The lowest BCUT2D eigenvalue weighted by Crippen LogP contribution is -1.75. The molecule has 1 radical (unpaired) electrons. The van der Waals surface area contributed by atoms with Crippen molar-refractivity contribution in [2.45, 2.75) is 0 Å². The van der Waals surface area contributed by atoms with Gasteiger partial charge in [-0.1, -0.05) is 0 Å². The minimum Gasteiger partial charge on any atom is -0.158 e. The molecule has 0 heterocycles. The third kappa shape index (κ3) is 2.54. The summed E-state index contributed by atoms with van der Waals surface area (Å²) in [5.74, 6) is 0. The minimum atomic E-state index is -1.58. The second-order valence-corrected chi connectivity index (χ2v) is 1.81. The van der Waals surface area contributed by atoms with Gasteiger partial charge in [-0.25, -0.2) is 0 Å². The van der Waals surface area contributed by atoms with Crippen LogP contribution in [0.5, 0.6) is 0 Å². The fourth-order valence-electron chi connectivity index (χ4n) is 0.0745. The van der Waals surface area contributed by atoms with E-state index < -0.39 is 8.60 Å². The predicted octanol–water partition coefficient (Wildman–Crippen LogP) is 0.498. The Balaban J connectivity index is 2.75. The van der Waals surface area contributed by atoms with Gasteiger partial charge in [0.05, 0.1) is 14.2 Å². The topological polar surface area (TPSA) is 38.7 Å². The summed E-state index contributed by atoms with van der Waals surface area (Å²) in [6.45, 7) is 0. The normalized spacial score (nSPS) is 10.0. The zero-order chi connectivity index (χ0) is 4.99. The van der Waals surface area contributed by atoms with E-state index in [9.17, 15) is 0 Å². The van der Waals surface area contributed by atoms with E-state index in [4.69, 9.17) is 4.89 Å². The summed E-state index contributed by atoms with van der Waals surface area (Å²) in [6, 6.07) is 0. The second kappa shape index (κ2) is 3.50. The van der Waals surface area contributed by atoms with Crippen LogP contribution in [0, 0.1) is 0 Å². The van der Waals surface area contributed by atoms with Gasteiger partial charge in [-0.15, -0.1) is 9.05 Å². The van der Waals surface area contributed by atoms with Gasteiger partial charge in [-0.2, -0.15) is 4.89 Å². The quantitative estimate of drug-likeness (QED) is 0.526.